The van der Waals surface area contributed by atoms with Crippen molar-refractivity contribution < 1.29 is 18.7 Å². The van der Waals surface area contributed by atoms with E-state index in [0.29, 0.717) is 18.8 Å². The highest BCUT2D eigenvalue weighted by molar-refractivity contribution is 5.96. The zero-order valence-electron chi connectivity index (χ0n) is 19.1. The smallest absolute Gasteiger partial charge is 0.254 e. The highest BCUT2D eigenvalue weighted by Gasteiger charge is 2.34. The van der Waals surface area contributed by atoms with Gasteiger partial charge in [0.25, 0.3) is 5.91 Å². The lowest BCUT2D eigenvalue weighted by molar-refractivity contribution is -0.135. The summed E-state index contributed by atoms with van der Waals surface area (Å²) in [6, 6.07) is 16.7. The minimum atomic E-state index is -0.481. The summed E-state index contributed by atoms with van der Waals surface area (Å²) >= 11 is 0. The molecule has 172 valence electrons. The van der Waals surface area contributed by atoms with Gasteiger partial charge < -0.3 is 19.1 Å². The van der Waals surface area contributed by atoms with Crippen molar-refractivity contribution in [2.24, 2.45) is 0 Å². The summed E-state index contributed by atoms with van der Waals surface area (Å²) in [5.41, 5.74) is 2.18. The SMILES string of the molecule is COc1cccc([C@H]2c3cccn3CCN2C(=O)CN(C(=O)c2cccc(F)c2)C(C)C)c1. The number of aromatic nitrogens is 1. The van der Waals surface area contributed by atoms with Gasteiger partial charge in [-0.2, -0.15) is 0 Å². The number of amides is 2. The molecule has 1 aromatic heterocycles. The second-order valence-electron chi connectivity index (χ2n) is 8.43. The van der Waals surface area contributed by atoms with Crippen LogP contribution < -0.4 is 4.74 Å². The van der Waals surface area contributed by atoms with Gasteiger partial charge in [-0.05, 0) is 61.9 Å². The van der Waals surface area contributed by atoms with Crippen molar-refractivity contribution in [2.45, 2.75) is 32.5 Å². The fraction of sp³-hybridized carbons (Fsp3) is 0.308. The molecular weight excluding hydrogens is 421 g/mol. The average molecular weight is 450 g/mol. The van der Waals surface area contributed by atoms with Crippen LogP contribution in [0.15, 0.2) is 66.9 Å². The Bertz CT molecular complexity index is 1160. The Kier molecular flexibility index (Phi) is 6.49. The fourth-order valence-corrected chi connectivity index (χ4v) is 4.33. The van der Waals surface area contributed by atoms with E-state index in [9.17, 15) is 14.0 Å². The molecule has 1 atom stereocenters. The molecule has 2 aromatic carbocycles. The minimum absolute atomic E-state index is 0.0891. The molecule has 0 saturated heterocycles. The van der Waals surface area contributed by atoms with Gasteiger partial charge >= 0.3 is 0 Å². The van der Waals surface area contributed by atoms with Crippen LogP contribution in [0.3, 0.4) is 0 Å². The maximum atomic E-state index is 13.7. The van der Waals surface area contributed by atoms with E-state index in [-0.39, 0.29) is 36.0 Å². The lowest BCUT2D eigenvalue weighted by Gasteiger charge is -2.39. The number of hydrogen-bond acceptors (Lipinski definition) is 3. The molecule has 33 heavy (non-hydrogen) atoms. The first kappa shape index (κ1) is 22.6. The number of benzene rings is 2. The first-order valence-electron chi connectivity index (χ1n) is 11.0. The van der Waals surface area contributed by atoms with Gasteiger partial charge in [-0.3, -0.25) is 9.59 Å². The first-order valence-corrected chi connectivity index (χ1v) is 11.0. The van der Waals surface area contributed by atoms with E-state index >= 15 is 0 Å². The standard InChI is InChI=1S/C26H28FN3O3/c1-18(2)30(26(32)20-8-4-9-21(27)15-20)17-24(31)29-14-13-28-12-6-11-23(28)25(29)19-7-5-10-22(16-19)33-3/h4-12,15-16,18,25H,13-14,17H2,1-3H3/t25-/m0/s1. The van der Waals surface area contributed by atoms with Crippen molar-refractivity contribution in [3.63, 3.8) is 0 Å². The summed E-state index contributed by atoms with van der Waals surface area (Å²) in [6.07, 6.45) is 2.01. The van der Waals surface area contributed by atoms with Crippen molar-refractivity contribution in [1.29, 1.82) is 0 Å². The number of carbonyl (C=O) groups is 2. The third-order valence-corrected chi connectivity index (χ3v) is 6.03. The lowest BCUT2D eigenvalue weighted by atomic mass is 9.99. The van der Waals surface area contributed by atoms with Crippen LogP contribution in [0.2, 0.25) is 0 Å². The molecule has 0 saturated carbocycles. The predicted octanol–water partition coefficient (Wildman–Crippen LogP) is 4.12. The number of ether oxygens (including phenoxy) is 1. The normalized spacial score (nSPS) is 15.3. The summed E-state index contributed by atoms with van der Waals surface area (Å²) in [4.78, 5) is 30.0. The molecule has 7 heteroatoms. The molecule has 0 spiro atoms. The third-order valence-electron chi connectivity index (χ3n) is 6.03. The molecule has 6 nitrogen and oxygen atoms in total. The quantitative estimate of drug-likeness (QED) is 0.569. The molecule has 0 fully saturated rings. The number of nitrogens with zero attached hydrogens (tertiary/aromatic N) is 3. The molecule has 0 aliphatic carbocycles. The molecule has 4 rings (SSSR count). The maximum Gasteiger partial charge on any atom is 0.254 e. The van der Waals surface area contributed by atoms with E-state index < -0.39 is 5.82 Å². The van der Waals surface area contributed by atoms with Gasteiger partial charge in [-0.1, -0.05) is 18.2 Å². The van der Waals surface area contributed by atoms with Gasteiger partial charge in [0.1, 0.15) is 18.1 Å². The summed E-state index contributed by atoms with van der Waals surface area (Å²) in [6.45, 7) is 4.81. The number of fused-ring (bicyclic) bond motifs is 1. The van der Waals surface area contributed by atoms with Crippen molar-refractivity contribution >= 4 is 11.8 Å². The minimum Gasteiger partial charge on any atom is -0.497 e. The Hall–Kier alpha value is -3.61. The van der Waals surface area contributed by atoms with Crippen molar-refractivity contribution in [1.82, 2.24) is 14.4 Å². The number of hydrogen-bond donors (Lipinski definition) is 0. The Morgan fingerprint density at radius 3 is 2.61 bits per heavy atom. The number of rotatable bonds is 6. The molecule has 0 bridgehead atoms. The van der Waals surface area contributed by atoms with Gasteiger partial charge in [-0.25, -0.2) is 4.39 Å². The molecule has 0 radical (unpaired) electrons. The molecule has 0 N–H and O–H groups in total. The zero-order chi connectivity index (χ0) is 23.5. The summed E-state index contributed by atoms with van der Waals surface area (Å²) < 4.78 is 21.2. The Morgan fingerprint density at radius 2 is 1.88 bits per heavy atom. The Balaban J connectivity index is 1.64. The second-order valence-corrected chi connectivity index (χ2v) is 8.43. The number of carbonyl (C=O) groups excluding carboxylic acids is 2. The highest BCUT2D eigenvalue weighted by Crippen LogP contribution is 2.34. The third kappa shape index (κ3) is 4.62. The Labute approximate surface area is 193 Å². The largest absolute Gasteiger partial charge is 0.497 e. The van der Waals surface area contributed by atoms with Gasteiger partial charge in [0.2, 0.25) is 5.91 Å². The molecule has 3 aromatic rings. The lowest BCUT2D eigenvalue weighted by Crippen LogP contribution is -2.49. The van der Waals surface area contributed by atoms with Gasteiger partial charge in [0.05, 0.1) is 13.2 Å². The number of methoxy groups -OCH3 is 1. The van der Waals surface area contributed by atoms with E-state index in [4.69, 9.17) is 4.74 Å². The Morgan fingerprint density at radius 1 is 1.09 bits per heavy atom. The van der Waals surface area contributed by atoms with Gasteiger partial charge in [-0.15, -0.1) is 0 Å². The highest BCUT2D eigenvalue weighted by atomic mass is 19.1. The van der Waals surface area contributed by atoms with E-state index in [1.165, 1.54) is 23.1 Å². The van der Waals surface area contributed by atoms with Crippen molar-refractivity contribution in [3.05, 3.63) is 89.5 Å². The second kappa shape index (κ2) is 9.48. The van der Waals surface area contributed by atoms with Crippen LogP contribution in [0.5, 0.6) is 5.75 Å². The van der Waals surface area contributed by atoms with Crippen LogP contribution in [-0.4, -0.2) is 52.4 Å². The summed E-state index contributed by atoms with van der Waals surface area (Å²) in [5, 5.41) is 0. The molecular formula is C26H28FN3O3. The van der Waals surface area contributed by atoms with E-state index in [1.54, 1.807) is 13.2 Å². The van der Waals surface area contributed by atoms with Crippen LogP contribution in [0, 0.1) is 5.82 Å². The van der Waals surface area contributed by atoms with E-state index in [2.05, 4.69) is 4.57 Å². The summed E-state index contributed by atoms with van der Waals surface area (Å²) in [7, 11) is 1.62. The zero-order valence-corrected chi connectivity index (χ0v) is 19.1. The van der Waals surface area contributed by atoms with Crippen LogP contribution in [0.1, 0.15) is 41.5 Å². The van der Waals surface area contributed by atoms with Crippen molar-refractivity contribution in [2.75, 3.05) is 20.2 Å². The van der Waals surface area contributed by atoms with Crippen LogP contribution in [-0.2, 0) is 11.3 Å². The maximum absolute atomic E-state index is 13.7. The number of halogens is 1. The predicted molar refractivity (Wildman–Crippen MR) is 124 cm³/mol. The van der Waals surface area contributed by atoms with E-state index in [1.807, 2.05) is 61.3 Å². The average Bonchev–Trinajstić information content (AvgIpc) is 3.30. The van der Waals surface area contributed by atoms with Gasteiger partial charge in [0, 0.05) is 36.6 Å². The molecule has 1 aliphatic rings. The van der Waals surface area contributed by atoms with Crippen LogP contribution in [0.4, 0.5) is 4.39 Å². The molecule has 0 unspecified atom stereocenters. The monoisotopic (exact) mass is 449 g/mol. The first-order chi connectivity index (χ1) is 15.9. The van der Waals surface area contributed by atoms with E-state index in [0.717, 1.165) is 11.3 Å². The van der Waals surface area contributed by atoms with Crippen LogP contribution >= 0.6 is 0 Å². The van der Waals surface area contributed by atoms with Gasteiger partial charge in [0.15, 0.2) is 0 Å². The molecule has 1 aliphatic heterocycles. The molecule has 2 amide bonds. The summed E-state index contributed by atoms with van der Waals surface area (Å²) in [5.74, 6) is -0.288. The van der Waals surface area contributed by atoms with Crippen molar-refractivity contribution in [3.8, 4) is 5.75 Å². The fourth-order valence-electron chi connectivity index (χ4n) is 4.33. The van der Waals surface area contributed by atoms with Crippen LogP contribution in [0.25, 0.3) is 0 Å². The topological polar surface area (TPSA) is 54.8 Å². The molecule has 2 heterocycles.